The predicted octanol–water partition coefficient (Wildman–Crippen LogP) is 4.17. The Morgan fingerprint density at radius 3 is 2.61 bits per heavy atom. The minimum atomic E-state index is 0.499. The maximum absolute atomic E-state index is 6.09. The van der Waals surface area contributed by atoms with E-state index in [1.165, 1.54) is 38.5 Å². The molecular weight excluding hydrogens is 246 g/mol. The Labute approximate surface area is 112 Å². The van der Waals surface area contributed by atoms with Crippen molar-refractivity contribution in [3.63, 3.8) is 0 Å². The fourth-order valence-electron chi connectivity index (χ4n) is 2.99. The van der Waals surface area contributed by atoms with Gasteiger partial charge in [0.15, 0.2) is 0 Å². The number of aromatic nitrogens is 2. The zero-order chi connectivity index (χ0) is 12.5. The maximum atomic E-state index is 6.09. The molecule has 0 aliphatic heterocycles. The molecule has 2 aromatic rings. The molecule has 0 radical (unpaired) electrons. The number of fused-ring (bicyclic) bond motifs is 1. The maximum Gasteiger partial charge on any atom is 0.201 e. The summed E-state index contributed by atoms with van der Waals surface area (Å²) in [6.45, 7) is 0. The number of nitrogen functional groups attached to an aromatic ring is 1. The van der Waals surface area contributed by atoms with Gasteiger partial charge >= 0.3 is 0 Å². The Bertz CT molecular complexity index is 553. The molecule has 1 fully saturated rings. The smallest absolute Gasteiger partial charge is 0.201 e. The highest BCUT2D eigenvalue weighted by molar-refractivity contribution is 6.31. The average Bonchev–Trinajstić information content (AvgIpc) is 2.54. The minimum absolute atomic E-state index is 0.499. The topological polar surface area (TPSA) is 43.8 Å². The molecule has 2 N–H and O–H groups in total. The van der Waals surface area contributed by atoms with Crippen LogP contribution in [-0.2, 0) is 0 Å². The van der Waals surface area contributed by atoms with Crippen LogP contribution in [0, 0.1) is 0 Å². The summed E-state index contributed by atoms with van der Waals surface area (Å²) < 4.78 is 2.21. The summed E-state index contributed by atoms with van der Waals surface area (Å²) in [6, 6.07) is 6.34. The van der Waals surface area contributed by atoms with E-state index in [0.717, 1.165) is 11.0 Å². The molecule has 1 aliphatic carbocycles. The highest BCUT2D eigenvalue weighted by Gasteiger charge is 2.19. The summed E-state index contributed by atoms with van der Waals surface area (Å²) in [6.07, 6.45) is 7.68. The van der Waals surface area contributed by atoms with Crippen molar-refractivity contribution in [1.29, 1.82) is 0 Å². The molecule has 1 aromatic heterocycles. The second kappa shape index (κ2) is 4.81. The fraction of sp³-hybridized carbons (Fsp3) is 0.500. The minimum Gasteiger partial charge on any atom is -0.369 e. The Hall–Kier alpha value is -1.22. The quantitative estimate of drug-likeness (QED) is 0.785. The van der Waals surface area contributed by atoms with E-state index in [2.05, 4.69) is 9.55 Å². The van der Waals surface area contributed by atoms with E-state index in [0.29, 0.717) is 17.0 Å². The highest BCUT2D eigenvalue weighted by Crippen LogP contribution is 2.33. The summed E-state index contributed by atoms with van der Waals surface area (Å²) in [4.78, 5) is 4.44. The molecule has 0 bridgehead atoms. The number of rotatable bonds is 1. The first kappa shape index (κ1) is 11.8. The second-order valence-electron chi connectivity index (χ2n) is 5.12. The van der Waals surface area contributed by atoms with Crippen molar-refractivity contribution < 1.29 is 0 Å². The van der Waals surface area contributed by atoms with Gasteiger partial charge in [-0.3, -0.25) is 0 Å². The van der Waals surface area contributed by atoms with Gasteiger partial charge in [-0.1, -0.05) is 37.3 Å². The van der Waals surface area contributed by atoms with Gasteiger partial charge in [0, 0.05) is 11.1 Å². The lowest BCUT2D eigenvalue weighted by Crippen LogP contribution is -2.11. The largest absolute Gasteiger partial charge is 0.369 e. The number of hydrogen-bond donors (Lipinski definition) is 1. The van der Waals surface area contributed by atoms with Crippen LogP contribution in [0.1, 0.15) is 44.6 Å². The normalized spacial score (nSPS) is 18.1. The first-order valence-electron chi connectivity index (χ1n) is 6.68. The molecule has 0 saturated heterocycles. The number of nitrogens with two attached hydrogens (primary N) is 1. The molecule has 1 aliphatic rings. The van der Waals surface area contributed by atoms with Gasteiger partial charge in [0.25, 0.3) is 0 Å². The van der Waals surface area contributed by atoms with Crippen LogP contribution in [0.5, 0.6) is 0 Å². The van der Waals surface area contributed by atoms with Gasteiger partial charge in [-0.05, 0) is 31.0 Å². The third-order valence-electron chi connectivity index (χ3n) is 3.87. The standard InChI is InChI=1S/C14H18ClN3/c15-10-7-8-13-12(9-10)17-14(16)18(13)11-5-3-1-2-4-6-11/h7-9,11H,1-6H2,(H2,16,17). The molecule has 18 heavy (non-hydrogen) atoms. The van der Waals surface area contributed by atoms with Crippen molar-refractivity contribution in [3.05, 3.63) is 23.2 Å². The fourth-order valence-corrected chi connectivity index (χ4v) is 3.16. The van der Waals surface area contributed by atoms with Gasteiger partial charge in [0.1, 0.15) is 0 Å². The number of benzene rings is 1. The first-order chi connectivity index (χ1) is 8.75. The van der Waals surface area contributed by atoms with Gasteiger partial charge in [0.2, 0.25) is 5.95 Å². The Kier molecular flexibility index (Phi) is 3.16. The van der Waals surface area contributed by atoms with Gasteiger partial charge < -0.3 is 10.3 Å². The van der Waals surface area contributed by atoms with Crippen LogP contribution in [-0.4, -0.2) is 9.55 Å². The van der Waals surface area contributed by atoms with E-state index >= 15 is 0 Å². The molecule has 3 nitrogen and oxygen atoms in total. The molecule has 4 heteroatoms. The Morgan fingerprint density at radius 1 is 1.17 bits per heavy atom. The van der Waals surface area contributed by atoms with E-state index in [1.54, 1.807) is 0 Å². The summed E-state index contributed by atoms with van der Waals surface area (Å²) in [5, 5.41) is 0.716. The molecule has 0 unspecified atom stereocenters. The van der Waals surface area contributed by atoms with Crippen molar-refractivity contribution in [1.82, 2.24) is 9.55 Å². The van der Waals surface area contributed by atoms with E-state index in [4.69, 9.17) is 17.3 Å². The molecule has 1 heterocycles. The van der Waals surface area contributed by atoms with Crippen LogP contribution in [0.4, 0.5) is 5.95 Å². The molecular formula is C14H18ClN3. The molecule has 96 valence electrons. The molecule has 3 rings (SSSR count). The number of halogens is 1. The van der Waals surface area contributed by atoms with Crippen molar-refractivity contribution >= 4 is 28.6 Å². The third kappa shape index (κ3) is 2.07. The summed E-state index contributed by atoms with van der Waals surface area (Å²) in [5.41, 5.74) is 8.12. The molecule has 0 spiro atoms. The van der Waals surface area contributed by atoms with Gasteiger partial charge in [-0.2, -0.15) is 0 Å². The predicted molar refractivity (Wildman–Crippen MR) is 75.9 cm³/mol. The van der Waals surface area contributed by atoms with Crippen LogP contribution in [0.2, 0.25) is 5.02 Å². The van der Waals surface area contributed by atoms with Gasteiger partial charge in [-0.25, -0.2) is 4.98 Å². The third-order valence-corrected chi connectivity index (χ3v) is 4.10. The van der Waals surface area contributed by atoms with Crippen LogP contribution in [0.25, 0.3) is 11.0 Å². The number of anilines is 1. The van der Waals surface area contributed by atoms with E-state index in [9.17, 15) is 0 Å². The van der Waals surface area contributed by atoms with Crippen molar-refractivity contribution in [3.8, 4) is 0 Å². The molecule has 1 saturated carbocycles. The van der Waals surface area contributed by atoms with Crippen LogP contribution in [0.3, 0.4) is 0 Å². The highest BCUT2D eigenvalue weighted by atomic mass is 35.5. The molecule has 0 atom stereocenters. The van der Waals surface area contributed by atoms with Crippen LogP contribution >= 0.6 is 11.6 Å². The van der Waals surface area contributed by atoms with Crippen LogP contribution < -0.4 is 5.73 Å². The lowest BCUT2D eigenvalue weighted by atomic mass is 10.1. The van der Waals surface area contributed by atoms with Crippen molar-refractivity contribution in [2.45, 2.75) is 44.6 Å². The van der Waals surface area contributed by atoms with Crippen LogP contribution in [0.15, 0.2) is 18.2 Å². The van der Waals surface area contributed by atoms with Gasteiger partial charge in [-0.15, -0.1) is 0 Å². The van der Waals surface area contributed by atoms with E-state index in [-0.39, 0.29) is 0 Å². The zero-order valence-electron chi connectivity index (χ0n) is 10.4. The Balaban J connectivity index is 2.06. The second-order valence-corrected chi connectivity index (χ2v) is 5.55. The number of hydrogen-bond acceptors (Lipinski definition) is 2. The SMILES string of the molecule is Nc1nc2cc(Cl)ccc2n1C1CCCCCC1. The average molecular weight is 264 g/mol. The molecule has 1 aromatic carbocycles. The zero-order valence-corrected chi connectivity index (χ0v) is 11.2. The Morgan fingerprint density at radius 2 is 1.89 bits per heavy atom. The monoisotopic (exact) mass is 263 g/mol. The summed E-state index contributed by atoms with van der Waals surface area (Å²) in [7, 11) is 0. The van der Waals surface area contributed by atoms with E-state index < -0.39 is 0 Å². The molecule has 0 amide bonds. The first-order valence-corrected chi connectivity index (χ1v) is 7.06. The van der Waals surface area contributed by atoms with Crippen molar-refractivity contribution in [2.75, 3.05) is 5.73 Å². The lowest BCUT2D eigenvalue weighted by molar-refractivity contribution is 0.459. The number of imidazole rings is 1. The number of nitrogens with zero attached hydrogens (tertiary/aromatic N) is 2. The van der Waals surface area contributed by atoms with Gasteiger partial charge in [0.05, 0.1) is 11.0 Å². The lowest BCUT2D eigenvalue weighted by Gasteiger charge is -2.18. The van der Waals surface area contributed by atoms with E-state index in [1.807, 2.05) is 18.2 Å². The van der Waals surface area contributed by atoms with Crippen molar-refractivity contribution in [2.24, 2.45) is 0 Å². The summed E-state index contributed by atoms with van der Waals surface area (Å²) >= 11 is 6.00. The summed E-state index contributed by atoms with van der Waals surface area (Å²) in [5.74, 6) is 0.624.